The molecule has 3 aromatic rings. The SMILES string of the molecule is CCCCC1=C2CCc3cc(O)ccc3C2(C)CCC1=O.CCCCC1=C2CCc3cc(OC)ccc3C2(C)CCC1=O.COc1ccc2c(c1)CCC(=O)C2C. The maximum absolute atomic E-state index is 12.4. The predicted octanol–water partition coefficient (Wildman–Crippen LogP) is 11.5. The number of benzene rings is 3. The Balaban J connectivity index is 0.000000148. The van der Waals surface area contributed by atoms with Gasteiger partial charge in [-0.15, -0.1) is 0 Å². The maximum Gasteiger partial charge on any atom is 0.158 e. The summed E-state index contributed by atoms with van der Waals surface area (Å²) in [5.41, 5.74) is 12.9. The molecule has 5 aliphatic carbocycles. The van der Waals surface area contributed by atoms with Crippen LogP contribution in [0.3, 0.4) is 0 Å². The van der Waals surface area contributed by atoms with Crippen LogP contribution in [0.2, 0.25) is 0 Å². The molecule has 0 fully saturated rings. The average Bonchev–Trinajstić information content (AvgIpc) is 3.22. The molecule has 0 saturated heterocycles. The fraction of sp³-hybridized carbons (Fsp3) is 0.510. The van der Waals surface area contributed by atoms with Crippen LogP contribution in [0.4, 0.5) is 0 Å². The molecule has 0 amide bonds. The van der Waals surface area contributed by atoms with Crippen molar-refractivity contribution in [3.05, 3.63) is 110 Å². The molecular formula is C51H64O6. The normalized spacial score (nSPS) is 23.4. The van der Waals surface area contributed by atoms with Gasteiger partial charge in [-0.2, -0.15) is 0 Å². The summed E-state index contributed by atoms with van der Waals surface area (Å²) in [4.78, 5) is 36.3. The molecule has 57 heavy (non-hydrogen) atoms. The number of aryl methyl sites for hydroxylation is 3. The molecule has 0 spiro atoms. The highest BCUT2D eigenvalue weighted by Gasteiger charge is 2.43. The second-order valence-electron chi connectivity index (χ2n) is 17.2. The number of ether oxygens (including phenoxy) is 2. The molecule has 0 radical (unpaired) electrons. The van der Waals surface area contributed by atoms with Gasteiger partial charge in [-0.3, -0.25) is 14.4 Å². The number of phenols is 1. The second kappa shape index (κ2) is 18.0. The van der Waals surface area contributed by atoms with Gasteiger partial charge in [0.15, 0.2) is 11.6 Å². The Hall–Kier alpha value is -4.45. The summed E-state index contributed by atoms with van der Waals surface area (Å²) in [5, 5.41) is 9.71. The van der Waals surface area contributed by atoms with Gasteiger partial charge in [0.1, 0.15) is 23.0 Å². The van der Waals surface area contributed by atoms with Crippen LogP contribution < -0.4 is 9.47 Å². The van der Waals surface area contributed by atoms with Crippen molar-refractivity contribution in [3.63, 3.8) is 0 Å². The fourth-order valence-electron chi connectivity index (χ4n) is 10.4. The Kier molecular flexibility index (Phi) is 13.3. The van der Waals surface area contributed by atoms with Crippen molar-refractivity contribution in [1.82, 2.24) is 0 Å². The minimum Gasteiger partial charge on any atom is -0.508 e. The number of phenolic OH excluding ortho intramolecular Hbond substituents is 1. The molecule has 1 N–H and O–H groups in total. The zero-order chi connectivity index (χ0) is 40.9. The molecule has 6 nitrogen and oxygen atoms in total. The van der Waals surface area contributed by atoms with E-state index < -0.39 is 0 Å². The van der Waals surface area contributed by atoms with Crippen molar-refractivity contribution in [1.29, 1.82) is 0 Å². The summed E-state index contributed by atoms with van der Waals surface area (Å²) in [6.07, 6.45) is 15.1. The van der Waals surface area contributed by atoms with E-state index in [1.54, 1.807) is 20.3 Å². The largest absolute Gasteiger partial charge is 0.508 e. The molecule has 6 heteroatoms. The maximum atomic E-state index is 12.4. The van der Waals surface area contributed by atoms with E-state index in [9.17, 15) is 19.5 Å². The quantitative estimate of drug-likeness (QED) is 0.245. The van der Waals surface area contributed by atoms with E-state index >= 15 is 0 Å². The molecule has 5 aliphatic rings. The van der Waals surface area contributed by atoms with Gasteiger partial charge in [0.25, 0.3) is 0 Å². The van der Waals surface area contributed by atoms with E-state index in [1.807, 2.05) is 31.2 Å². The van der Waals surface area contributed by atoms with Gasteiger partial charge in [0.2, 0.25) is 0 Å². The average molecular weight is 773 g/mol. The Morgan fingerprint density at radius 3 is 1.61 bits per heavy atom. The van der Waals surface area contributed by atoms with Crippen LogP contribution in [0.5, 0.6) is 17.2 Å². The Bertz CT molecular complexity index is 2070. The first-order valence-corrected chi connectivity index (χ1v) is 21.6. The number of fused-ring (bicyclic) bond motifs is 7. The summed E-state index contributed by atoms with van der Waals surface area (Å²) in [6, 6.07) is 18.2. The number of unbranched alkanes of at least 4 members (excludes halogenated alkanes) is 2. The number of methoxy groups -OCH3 is 2. The highest BCUT2D eigenvalue weighted by molar-refractivity contribution is 5.98. The number of ketones is 3. The number of Topliss-reactive ketones (excluding diaryl/α,β-unsaturated/α-hetero) is 3. The summed E-state index contributed by atoms with van der Waals surface area (Å²) >= 11 is 0. The summed E-state index contributed by atoms with van der Waals surface area (Å²) in [7, 11) is 3.39. The number of rotatable bonds is 8. The van der Waals surface area contributed by atoms with Crippen molar-refractivity contribution in [2.24, 2.45) is 0 Å². The number of hydrogen-bond acceptors (Lipinski definition) is 6. The standard InChI is InChI=1S/C20H26O2.C19H24O2.C12H14O2/c1-4-5-6-16-18-9-7-14-13-15(22-3)8-10-17(14)20(18,2)12-11-19(16)21;1-3-4-5-15-17-8-6-13-12-14(20)7-9-16(13)19(17,2)11-10-18(15)21;1-8-11-5-4-10(14-2)7-9(11)3-6-12(8)13/h8,10,13H,4-7,9,11-12H2,1-3H3;7,9,12,20H,3-6,8,10-11H2,1-2H3;4-5,7-8H,3,6H2,1-2H3. The first-order chi connectivity index (χ1) is 27.4. The van der Waals surface area contributed by atoms with Gasteiger partial charge >= 0.3 is 0 Å². The third-order valence-electron chi connectivity index (χ3n) is 13.8. The lowest BCUT2D eigenvalue weighted by Gasteiger charge is -2.43. The van der Waals surface area contributed by atoms with Gasteiger partial charge < -0.3 is 14.6 Å². The van der Waals surface area contributed by atoms with Crippen LogP contribution in [-0.4, -0.2) is 36.7 Å². The van der Waals surface area contributed by atoms with Crippen LogP contribution >= 0.6 is 0 Å². The van der Waals surface area contributed by atoms with Crippen molar-refractivity contribution in [2.75, 3.05) is 14.2 Å². The zero-order valence-electron chi connectivity index (χ0n) is 35.6. The van der Waals surface area contributed by atoms with Crippen LogP contribution in [0.25, 0.3) is 0 Å². The van der Waals surface area contributed by atoms with Crippen LogP contribution in [-0.2, 0) is 44.5 Å². The Morgan fingerprint density at radius 1 is 0.614 bits per heavy atom. The van der Waals surface area contributed by atoms with Gasteiger partial charge in [-0.1, -0.05) is 76.8 Å². The molecule has 0 aliphatic heterocycles. The Labute approximate surface area is 341 Å². The van der Waals surface area contributed by atoms with Gasteiger partial charge in [-0.05, 0) is 152 Å². The van der Waals surface area contributed by atoms with Crippen molar-refractivity contribution < 1.29 is 29.0 Å². The van der Waals surface area contributed by atoms with Crippen molar-refractivity contribution in [2.45, 2.75) is 154 Å². The molecule has 0 heterocycles. The summed E-state index contributed by atoms with van der Waals surface area (Å²) in [5.74, 6) is 3.35. The Morgan fingerprint density at radius 2 is 1.09 bits per heavy atom. The van der Waals surface area contributed by atoms with Crippen LogP contribution in [0.1, 0.15) is 157 Å². The summed E-state index contributed by atoms with van der Waals surface area (Å²) in [6.45, 7) is 11.0. The number of aromatic hydroxyl groups is 1. The molecule has 304 valence electrons. The lowest BCUT2D eigenvalue weighted by molar-refractivity contribution is -0.120. The first-order valence-electron chi connectivity index (χ1n) is 21.6. The smallest absolute Gasteiger partial charge is 0.158 e. The minimum atomic E-state index is -0.00172. The molecule has 3 unspecified atom stereocenters. The lowest BCUT2D eigenvalue weighted by atomic mass is 9.60. The monoisotopic (exact) mass is 772 g/mol. The fourth-order valence-corrected chi connectivity index (χ4v) is 10.4. The second-order valence-corrected chi connectivity index (χ2v) is 17.2. The number of carbonyl (C=O) groups is 3. The minimum absolute atomic E-state index is 0.00172. The molecule has 3 aromatic carbocycles. The molecule has 8 rings (SSSR count). The third-order valence-corrected chi connectivity index (χ3v) is 13.8. The van der Waals surface area contributed by atoms with Gasteiger partial charge in [-0.25, -0.2) is 0 Å². The molecule has 0 aromatic heterocycles. The number of carbonyl (C=O) groups excluding carboxylic acids is 3. The first kappa shape index (κ1) is 42.2. The molecule has 0 saturated carbocycles. The van der Waals surface area contributed by atoms with Crippen molar-refractivity contribution >= 4 is 17.3 Å². The van der Waals surface area contributed by atoms with Crippen LogP contribution in [0.15, 0.2) is 76.9 Å². The zero-order valence-corrected chi connectivity index (χ0v) is 35.6. The van der Waals surface area contributed by atoms with E-state index in [1.165, 1.54) is 44.5 Å². The van der Waals surface area contributed by atoms with E-state index in [0.717, 1.165) is 106 Å². The van der Waals surface area contributed by atoms with Crippen LogP contribution in [0, 0.1) is 0 Å². The third kappa shape index (κ3) is 8.57. The molecular weight excluding hydrogens is 709 g/mol. The number of allylic oxidation sites excluding steroid dienone is 4. The summed E-state index contributed by atoms with van der Waals surface area (Å²) < 4.78 is 10.5. The highest BCUT2D eigenvalue weighted by atomic mass is 16.5. The van der Waals surface area contributed by atoms with E-state index in [0.29, 0.717) is 42.4 Å². The number of hydrogen-bond donors (Lipinski definition) is 1. The van der Waals surface area contributed by atoms with Gasteiger partial charge in [0.05, 0.1) is 14.2 Å². The highest BCUT2D eigenvalue weighted by Crippen LogP contribution is 2.51. The van der Waals surface area contributed by atoms with E-state index in [-0.39, 0.29) is 16.7 Å². The van der Waals surface area contributed by atoms with E-state index in [4.69, 9.17) is 9.47 Å². The molecule has 3 atom stereocenters. The van der Waals surface area contributed by atoms with Crippen molar-refractivity contribution in [3.8, 4) is 17.2 Å². The lowest BCUT2D eigenvalue weighted by Crippen LogP contribution is -2.36. The topological polar surface area (TPSA) is 89.9 Å². The van der Waals surface area contributed by atoms with E-state index in [2.05, 4.69) is 52.0 Å². The van der Waals surface area contributed by atoms with Gasteiger partial charge in [0, 0.05) is 36.0 Å². The predicted molar refractivity (Wildman–Crippen MR) is 229 cm³/mol. The molecule has 0 bridgehead atoms.